The maximum absolute atomic E-state index is 14.1. The molecule has 2 aromatic carbocycles. The van der Waals surface area contributed by atoms with Gasteiger partial charge >= 0.3 is 0 Å². The molecule has 0 saturated heterocycles. The summed E-state index contributed by atoms with van der Waals surface area (Å²) in [4.78, 5) is 17.6. The summed E-state index contributed by atoms with van der Waals surface area (Å²) < 4.78 is 14.1. The Morgan fingerprint density at radius 2 is 1.59 bits per heavy atom. The topological polar surface area (TPSA) is 45.2 Å². The minimum Gasteiger partial charge on any atom is -0.269 e. The number of hydrazine groups is 1. The lowest BCUT2D eigenvalue weighted by atomic mass is 10.0. The normalized spacial score (nSPS) is 11.0. The van der Waals surface area contributed by atoms with Crippen molar-refractivity contribution in [3.8, 4) is 11.3 Å². The van der Waals surface area contributed by atoms with E-state index in [9.17, 15) is 9.18 Å². The summed E-state index contributed by atoms with van der Waals surface area (Å²) in [6.45, 7) is 5.75. The van der Waals surface area contributed by atoms with Gasteiger partial charge in [0.15, 0.2) is 0 Å². The Balaban J connectivity index is 1.98. The van der Waals surface area contributed by atoms with Crippen LogP contribution in [0.3, 0.4) is 0 Å². The number of hydrogen-bond acceptors (Lipinski definition) is 3. The van der Waals surface area contributed by atoms with E-state index in [2.05, 4.69) is 10.4 Å². The minimum atomic E-state index is -0.587. The molecule has 1 N–H and O–H groups in total. The van der Waals surface area contributed by atoms with Crippen molar-refractivity contribution in [2.24, 2.45) is 0 Å². The van der Waals surface area contributed by atoms with E-state index in [1.165, 1.54) is 12.1 Å². The van der Waals surface area contributed by atoms with Crippen molar-refractivity contribution in [2.45, 2.75) is 26.3 Å². The molecule has 3 rings (SSSR count). The molecular weight excluding hydrogens is 385 g/mol. The molecule has 1 amide bonds. The molecule has 29 heavy (non-hydrogen) atoms. The van der Waals surface area contributed by atoms with E-state index in [0.29, 0.717) is 16.2 Å². The molecule has 0 atom stereocenters. The number of aromatic nitrogens is 1. The number of benzene rings is 2. The second-order valence-electron chi connectivity index (χ2n) is 7.50. The molecule has 0 bridgehead atoms. The summed E-state index contributed by atoms with van der Waals surface area (Å²) in [6, 6.07) is 19.2. The molecule has 6 heteroatoms. The zero-order valence-corrected chi connectivity index (χ0v) is 17.3. The van der Waals surface area contributed by atoms with Gasteiger partial charge in [0.05, 0.1) is 16.8 Å². The highest BCUT2D eigenvalue weighted by molar-refractivity contribution is 7.80. The number of hydrogen-bond donors (Lipinski definition) is 1. The molecule has 0 aliphatic heterocycles. The first-order chi connectivity index (χ1) is 13.8. The van der Waals surface area contributed by atoms with Gasteiger partial charge in [0.25, 0.3) is 5.91 Å². The van der Waals surface area contributed by atoms with Crippen molar-refractivity contribution >= 4 is 23.1 Å². The van der Waals surface area contributed by atoms with E-state index in [1.807, 2.05) is 57.2 Å². The summed E-state index contributed by atoms with van der Waals surface area (Å²) in [5.74, 6) is -1.15. The standard InChI is InChI=1S/C23H22FN3OS/c1-23(2,3)27(26-21(28)17-12-7-8-14-19(17)24)22(29)18-13-9-15-25-20(18)16-10-5-4-6-11-16/h4-15H,1-3H3,(H,26,28). The van der Waals surface area contributed by atoms with E-state index in [0.717, 1.165) is 5.56 Å². The first-order valence-corrected chi connectivity index (χ1v) is 9.60. The molecule has 0 fully saturated rings. The van der Waals surface area contributed by atoms with Crippen molar-refractivity contribution in [3.05, 3.63) is 89.9 Å². The van der Waals surface area contributed by atoms with Crippen LogP contribution in [0.1, 0.15) is 36.7 Å². The fraction of sp³-hybridized carbons (Fsp3) is 0.174. The van der Waals surface area contributed by atoms with Gasteiger partial charge in [-0.1, -0.05) is 54.7 Å². The van der Waals surface area contributed by atoms with Gasteiger partial charge in [-0.25, -0.2) is 4.39 Å². The number of rotatable bonds is 3. The van der Waals surface area contributed by atoms with Gasteiger partial charge in [-0.2, -0.15) is 0 Å². The van der Waals surface area contributed by atoms with Gasteiger partial charge in [0.1, 0.15) is 10.8 Å². The van der Waals surface area contributed by atoms with Gasteiger partial charge in [0, 0.05) is 17.3 Å². The van der Waals surface area contributed by atoms with E-state index in [-0.39, 0.29) is 5.56 Å². The third kappa shape index (κ3) is 4.66. The van der Waals surface area contributed by atoms with Crippen molar-refractivity contribution in [3.63, 3.8) is 0 Å². The van der Waals surface area contributed by atoms with E-state index in [1.54, 1.807) is 29.4 Å². The largest absolute Gasteiger partial charge is 0.272 e. The van der Waals surface area contributed by atoms with Gasteiger partial charge in [-0.15, -0.1) is 0 Å². The average molecular weight is 408 g/mol. The Hall–Kier alpha value is -3.12. The molecule has 4 nitrogen and oxygen atoms in total. The fourth-order valence-electron chi connectivity index (χ4n) is 2.85. The molecule has 1 heterocycles. The van der Waals surface area contributed by atoms with Crippen LogP contribution in [0.5, 0.6) is 0 Å². The Bertz CT molecular complexity index is 1030. The van der Waals surface area contributed by atoms with Crippen molar-refractivity contribution < 1.29 is 9.18 Å². The van der Waals surface area contributed by atoms with Crippen LogP contribution in [0.2, 0.25) is 0 Å². The summed E-state index contributed by atoms with van der Waals surface area (Å²) in [7, 11) is 0. The monoisotopic (exact) mass is 407 g/mol. The molecule has 0 spiro atoms. The van der Waals surface area contributed by atoms with Crippen LogP contribution in [0.25, 0.3) is 11.3 Å². The number of thiocarbonyl (C=S) groups is 1. The van der Waals surface area contributed by atoms with Crippen LogP contribution in [0.15, 0.2) is 72.9 Å². The summed E-state index contributed by atoms with van der Waals surface area (Å²) >= 11 is 5.76. The maximum atomic E-state index is 14.1. The maximum Gasteiger partial charge on any atom is 0.272 e. The fourth-order valence-corrected chi connectivity index (χ4v) is 3.34. The van der Waals surface area contributed by atoms with Crippen LogP contribution in [-0.4, -0.2) is 26.4 Å². The summed E-state index contributed by atoms with van der Waals surface area (Å²) in [5, 5.41) is 1.58. The summed E-state index contributed by atoms with van der Waals surface area (Å²) in [5.41, 5.74) is 4.52. The highest BCUT2D eigenvalue weighted by Gasteiger charge is 2.29. The number of carbonyl (C=O) groups excluding carboxylic acids is 1. The van der Waals surface area contributed by atoms with E-state index in [4.69, 9.17) is 12.2 Å². The molecule has 148 valence electrons. The zero-order chi connectivity index (χ0) is 21.0. The summed E-state index contributed by atoms with van der Waals surface area (Å²) in [6.07, 6.45) is 1.70. The van der Waals surface area contributed by atoms with Crippen LogP contribution in [0.4, 0.5) is 4.39 Å². The van der Waals surface area contributed by atoms with Gasteiger partial charge in [-0.05, 0) is 45.0 Å². The Labute approximate surface area is 175 Å². The molecule has 0 unspecified atom stereocenters. The zero-order valence-electron chi connectivity index (χ0n) is 16.5. The number of carbonyl (C=O) groups is 1. The predicted octanol–water partition coefficient (Wildman–Crippen LogP) is 5.01. The third-order valence-electron chi connectivity index (χ3n) is 4.29. The molecular formula is C23H22FN3OS. The van der Waals surface area contributed by atoms with Crippen LogP contribution < -0.4 is 5.43 Å². The lowest BCUT2D eigenvalue weighted by molar-refractivity contribution is 0.0776. The number of nitrogens with zero attached hydrogens (tertiary/aromatic N) is 2. The van der Waals surface area contributed by atoms with E-state index >= 15 is 0 Å². The highest BCUT2D eigenvalue weighted by Crippen LogP contribution is 2.25. The number of pyridine rings is 1. The van der Waals surface area contributed by atoms with Crippen LogP contribution in [0, 0.1) is 5.82 Å². The van der Waals surface area contributed by atoms with Gasteiger partial charge in [-0.3, -0.25) is 20.2 Å². The van der Waals surface area contributed by atoms with Crippen LogP contribution in [-0.2, 0) is 0 Å². The van der Waals surface area contributed by atoms with Crippen molar-refractivity contribution in [1.29, 1.82) is 0 Å². The SMILES string of the molecule is CC(C)(C)N(NC(=O)c1ccccc1F)C(=S)c1cccnc1-c1ccccc1. The predicted molar refractivity (Wildman–Crippen MR) is 117 cm³/mol. The second-order valence-corrected chi connectivity index (χ2v) is 7.88. The first-order valence-electron chi connectivity index (χ1n) is 9.19. The molecule has 0 aliphatic carbocycles. The lowest BCUT2D eigenvalue weighted by Gasteiger charge is -2.38. The lowest BCUT2D eigenvalue weighted by Crippen LogP contribution is -2.55. The average Bonchev–Trinajstić information content (AvgIpc) is 2.71. The van der Waals surface area contributed by atoms with E-state index < -0.39 is 17.3 Å². The first kappa shape index (κ1) is 20.6. The molecule has 0 radical (unpaired) electrons. The number of nitrogens with one attached hydrogen (secondary N) is 1. The van der Waals surface area contributed by atoms with Gasteiger partial charge < -0.3 is 0 Å². The van der Waals surface area contributed by atoms with Crippen LogP contribution >= 0.6 is 12.2 Å². The Morgan fingerprint density at radius 1 is 0.966 bits per heavy atom. The van der Waals surface area contributed by atoms with Crippen molar-refractivity contribution in [1.82, 2.24) is 15.4 Å². The van der Waals surface area contributed by atoms with Gasteiger partial charge in [0.2, 0.25) is 0 Å². The Kier molecular flexibility index (Phi) is 6.03. The quantitative estimate of drug-likeness (QED) is 0.490. The smallest absolute Gasteiger partial charge is 0.269 e. The molecule has 0 saturated carbocycles. The molecule has 1 aromatic heterocycles. The molecule has 3 aromatic rings. The highest BCUT2D eigenvalue weighted by atomic mass is 32.1. The minimum absolute atomic E-state index is 0.0426. The second kappa shape index (κ2) is 8.49. The number of amides is 1. The Morgan fingerprint density at radius 3 is 2.24 bits per heavy atom. The third-order valence-corrected chi connectivity index (χ3v) is 4.69. The number of halogens is 1. The van der Waals surface area contributed by atoms with Crippen molar-refractivity contribution in [2.75, 3.05) is 0 Å². The molecule has 0 aliphatic rings.